The summed E-state index contributed by atoms with van der Waals surface area (Å²) in [6, 6.07) is 3.73. The molecule has 0 unspecified atom stereocenters. The topological polar surface area (TPSA) is 54.0 Å². The molecule has 0 radical (unpaired) electrons. The average molecular weight is 237 g/mol. The molecule has 16 heavy (non-hydrogen) atoms. The highest BCUT2D eigenvalue weighted by Gasteiger charge is 2.08. The number of thiocarbonyl (C=S) groups is 1. The molecule has 0 aliphatic heterocycles. The first kappa shape index (κ1) is 12.6. The van der Waals surface area contributed by atoms with Crippen LogP contribution in [0.3, 0.4) is 0 Å². The number of anilines is 1. The molecule has 0 spiro atoms. The van der Waals surface area contributed by atoms with Gasteiger partial charge in [0.1, 0.15) is 5.82 Å². The van der Waals surface area contributed by atoms with Gasteiger partial charge in [-0.25, -0.2) is 4.98 Å². The molecule has 0 saturated heterocycles. The van der Waals surface area contributed by atoms with Crippen LogP contribution in [0.2, 0.25) is 0 Å². The number of nitrogens with one attached hydrogen (secondary N) is 2. The highest BCUT2D eigenvalue weighted by atomic mass is 32.1. The predicted octanol–water partition coefficient (Wildman–Crippen LogP) is 1.86. The molecule has 0 aliphatic carbocycles. The molecule has 2 N–H and O–H groups in total. The summed E-state index contributed by atoms with van der Waals surface area (Å²) in [6.07, 6.45) is 1.73. The molecule has 1 heterocycles. The lowest BCUT2D eigenvalue weighted by molar-refractivity contribution is -0.122. The van der Waals surface area contributed by atoms with E-state index in [-0.39, 0.29) is 16.9 Å². The Bertz CT molecular complexity index is 387. The summed E-state index contributed by atoms with van der Waals surface area (Å²) in [6.45, 7) is 5.57. The maximum atomic E-state index is 11.3. The lowest BCUT2D eigenvalue weighted by Crippen LogP contribution is -2.36. The van der Waals surface area contributed by atoms with E-state index in [1.807, 2.05) is 32.9 Å². The molecule has 1 aromatic rings. The second-order valence-corrected chi connectivity index (χ2v) is 4.23. The molecule has 0 bridgehead atoms. The summed E-state index contributed by atoms with van der Waals surface area (Å²) in [5.74, 6) is 0.426. The smallest absolute Gasteiger partial charge is 0.228 e. The first-order valence-corrected chi connectivity index (χ1v) is 5.44. The number of aryl methyl sites for hydroxylation is 1. The minimum absolute atomic E-state index is 0.0919. The van der Waals surface area contributed by atoms with Crippen molar-refractivity contribution in [2.45, 2.75) is 20.8 Å². The second kappa shape index (κ2) is 5.55. The second-order valence-electron chi connectivity index (χ2n) is 3.82. The van der Waals surface area contributed by atoms with Crippen molar-refractivity contribution in [3.63, 3.8) is 0 Å². The predicted molar refractivity (Wildman–Crippen MR) is 68.2 cm³/mol. The zero-order valence-corrected chi connectivity index (χ0v) is 10.4. The van der Waals surface area contributed by atoms with Gasteiger partial charge < -0.3 is 10.6 Å². The molecule has 1 aromatic heterocycles. The first-order valence-electron chi connectivity index (χ1n) is 5.03. The number of carbonyl (C=O) groups excluding carboxylic acids is 1. The summed E-state index contributed by atoms with van der Waals surface area (Å²) in [5, 5.41) is 5.70. The van der Waals surface area contributed by atoms with Crippen molar-refractivity contribution in [1.82, 2.24) is 10.3 Å². The highest BCUT2D eigenvalue weighted by Crippen LogP contribution is 2.03. The zero-order chi connectivity index (χ0) is 12.1. The molecule has 0 atom stereocenters. The van der Waals surface area contributed by atoms with Crippen LogP contribution in [-0.2, 0) is 4.79 Å². The van der Waals surface area contributed by atoms with Gasteiger partial charge in [0.2, 0.25) is 5.91 Å². The third-order valence-electron chi connectivity index (χ3n) is 1.91. The van der Waals surface area contributed by atoms with Crippen molar-refractivity contribution in [2.75, 3.05) is 5.32 Å². The molecule has 0 aromatic carbocycles. The summed E-state index contributed by atoms with van der Waals surface area (Å²) in [4.78, 5) is 15.5. The number of amides is 1. The Morgan fingerprint density at radius 2 is 2.12 bits per heavy atom. The Hall–Kier alpha value is -1.49. The normalized spacial score (nSPS) is 10.0. The van der Waals surface area contributed by atoms with Gasteiger partial charge in [-0.2, -0.15) is 0 Å². The van der Waals surface area contributed by atoms with Crippen LogP contribution in [0, 0.1) is 12.8 Å². The molecule has 86 valence electrons. The van der Waals surface area contributed by atoms with Crippen LogP contribution in [-0.4, -0.2) is 16.0 Å². The number of aromatic nitrogens is 1. The Morgan fingerprint density at radius 1 is 1.44 bits per heavy atom. The zero-order valence-electron chi connectivity index (χ0n) is 9.57. The number of pyridine rings is 1. The van der Waals surface area contributed by atoms with Crippen LogP contribution in [0.5, 0.6) is 0 Å². The van der Waals surface area contributed by atoms with E-state index in [9.17, 15) is 4.79 Å². The quantitative estimate of drug-likeness (QED) is 0.771. The van der Waals surface area contributed by atoms with Gasteiger partial charge >= 0.3 is 0 Å². The van der Waals surface area contributed by atoms with Gasteiger partial charge in [0, 0.05) is 12.1 Å². The van der Waals surface area contributed by atoms with E-state index < -0.39 is 0 Å². The van der Waals surface area contributed by atoms with Crippen LogP contribution in [0.1, 0.15) is 19.4 Å². The molecule has 5 heteroatoms. The molecule has 0 aliphatic rings. The van der Waals surface area contributed by atoms with Crippen molar-refractivity contribution in [1.29, 1.82) is 0 Å². The SMILES string of the molecule is Cc1ccc(NC(=S)NC(=O)C(C)C)nc1. The third-order valence-corrected chi connectivity index (χ3v) is 2.12. The van der Waals surface area contributed by atoms with Crippen molar-refractivity contribution in [2.24, 2.45) is 5.92 Å². The van der Waals surface area contributed by atoms with Gasteiger partial charge in [-0.15, -0.1) is 0 Å². The van der Waals surface area contributed by atoms with Crippen LogP contribution in [0.25, 0.3) is 0 Å². The maximum Gasteiger partial charge on any atom is 0.228 e. The minimum Gasteiger partial charge on any atom is -0.317 e. The standard InChI is InChI=1S/C11H15N3OS/c1-7(2)10(15)14-11(16)13-9-5-4-8(3)6-12-9/h4-7H,1-3H3,(H2,12,13,14,15,16). The average Bonchev–Trinajstić information content (AvgIpc) is 2.21. The van der Waals surface area contributed by atoms with E-state index in [0.717, 1.165) is 5.56 Å². The highest BCUT2D eigenvalue weighted by molar-refractivity contribution is 7.80. The summed E-state index contributed by atoms with van der Waals surface area (Å²) < 4.78 is 0. The fourth-order valence-corrected chi connectivity index (χ4v) is 1.15. The third kappa shape index (κ3) is 3.94. The molecule has 0 saturated carbocycles. The van der Waals surface area contributed by atoms with E-state index >= 15 is 0 Å². The lowest BCUT2D eigenvalue weighted by atomic mass is 10.2. The van der Waals surface area contributed by atoms with E-state index in [2.05, 4.69) is 15.6 Å². The molecular formula is C11H15N3OS. The monoisotopic (exact) mass is 237 g/mol. The van der Waals surface area contributed by atoms with Gasteiger partial charge in [0.05, 0.1) is 0 Å². The molecular weight excluding hydrogens is 222 g/mol. The summed E-state index contributed by atoms with van der Waals surface area (Å²) in [7, 11) is 0. The number of hydrogen-bond donors (Lipinski definition) is 2. The van der Waals surface area contributed by atoms with Gasteiger partial charge in [0.25, 0.3) is 0 Å². The Morgan fingerprint density at radius 3 is 2.62 bits per heavy atom. The van der Waals surface area contributed by atoms with E-state index in [1.165, 1.54) is 0 Å². The fourth-order valence-electron chi connectivity index (χ4n) is 0.946. The Kier molecular flexibility index (Phi) is 4.37. The van der Waals surface area contributed by atoms with E-state index in [0.29, 0.717) is 5.82 Å². The van der Waals surface area contributed by atoms with Crippen LogP contribution < -0.4 is 10.6 Å². The Balaban J connectivity index is 2.52. The van der Waals surface area contributed by atoms with Crippen molar-refractivity contribution >= 4 is 29.1 Å². The summed E-state index contributed by atoms with van der Waals surface area (Å²) in [5.41, 5.74) is 1.07. The van der Waals surface area contributed by atoms with Crippen LogP contribution in [0.4, 0.5) is 5.82 Å². The van der Waals surface area contributed by atoms with E-state index in [1.54, 1.807) is 6.20 Å². The van der Waals surface area contributed by atoms with Gasteiger partial charge in [-0.1, -0.05) is 19.9 Å². The van der Waals surface area contributed by atoms with Gasteiger partial charge in [-0.05, 0) is 30.8 Å². The van der Waals surface area contributed by atoms with Crippen molar-refractivity contribution < 1.29 is 4.79 Å². The molecule has 4 nitrogen and oxygen atoms in total. The number of carbonyl (C=O) groups is 1. The van der Waals surface area contributed by atoms with Crippen LogP contribution >= 0.6 is 12.2 Å². The van der Waals surface area contributed by atoms with Crippen LogP contribution in [0.15, 0.2) is 18.3 Å². The molecule has 1 amide bonds. The number of hydrogen-bond acceptors (Lipinski definition) is 3. The number of nitrogens with zero attached hydrogens (tertiary/aromatic N) is 1. The number of rotatable bonds is 2. The van der Waals surface area contributed by atoms with Gasteiger partial charge in [0.15, 0.2) is 5.11 Å². The van der Waals surface area contributed by atoms with Crippen molar-refractivity contribution in [3.8, 4) is 0 Å². The molecule has 0 fully saturated rings. The minimum atomic E-state index is -0.107. The maximum absolute atomic E-state index is 11.3. The fraction of sp³-hybridized carbons (Fsp3) is 0.364. The lowest BCUT2D eigenvalue weighted by Gasteiger charge is -2.10. The van der Waals surface area contributed by atoms with Crippen molar-refractivity contribution in [3.05, 3.63) is 23.9 Å². The first-order chi connectivity index (χ1) is 7.49. The molecule has 1 rings (SSSR count). The summed E-state index contributed by atoms with van der Waals surface area (Å²) >= 11 is 4.98. The largest absolute Gasteiger partial charge is 0.317 e. The van der Waals surface area contributed by atoms with Gasteiger partial charge in [-0.3, -0.25) is 4.79 Å². The Labute approximate surface area is 100 Å². The van der Waals surface area contributed by atoms with E-state index in [4.69, 9.17) is 12.2 Å².